The van der Waals surface area contributed by atoms with Crippen molar-refractivity contribution in [2.45, 2.75) is 18.6 Å². The summed E-state index contributed by atoms with van der Waals surface area (Å²) in [5, 5.41) is 17.9. The van der Waals surface area contributed by atoms with Gasteiger partial charge in [0.2, 0.25) is 0 Å². The van der Waals surface area contributed by atoms with Crippen LogP contribution in [0.4, 0.5) is 0 Å². The first-order chi connectivity index (χ1) is 11.9. The molecule has 0 aliphatic carbocycles. The third kappa shape index (κ3) is 4.92. The minimum atomic E-state index is -1.44. The van der Waals surface area contributed by atoms with E-state index in [4.69, 9.17) is 20.7 Å². The number of hydrogen-bond acceptors (Lipinski definition) is 4. The second kappa shape index (κ2) is 8.12. The quantitative estimate of drug-likeness (QED) is 0.680. The van der Waals surface area contributed by atoms with E-state index >= 15 is 0 Å². The molecule has 4 N–H and O–H groups in total. The molecule has 0 aromatic heterocycles. The standard InChI is InChI=1S/C19H19NO5/c1-12(13-5-3-2-4-6-13)14-7-9-15(10-8-14)25-16(11-17(21)22)18(20)19(23)24/h2-10,16,18H,1,11,20H2,(H,21,22)(H,23,24)/t16?,18-/m0/s1. The molecule has 2 rings (SSSR count). The van der Waals surface area contributed by atoms with Crippen molar-refractivity contribution < 1.29 is 24.5 Å². The Morgan fingerprint density at radius 1 is 1.00 bits per heavy atom. The predicted octanol–water partition coefficient (Wildman–Crippen LogP) is 2.38. The molecule has 0 spiro atoms. The topological polar surface area (TPSA) is 110 Å². The molecule has 0 saturated carbocycles. The highest BCUT2D eigenvalue weighted by molar-refractivity contribution is 5.78. The lowest BCUT2D eigenvalue weighted by atomic mass is 10.00. The van der Waals surface area contributed by atoms with Crippen LogP contribution in [0, 0.1) is 0 Å². The summed E-state index contributed by atoms with van der Waals surface area (Å²) < 4.78 is 5.47. The molecule has 0 radical (unpaired) electrons. The summed E-state index contributed by atoms with van der Waals surface area (Å²) in [6, 6.07) is 15.0. The average molecular weight is 341 g/mol. The summed E-state index contributed by atoms with van der Waals surface area (Å²) in [4.78, 5) is 21.9. The minimum Gasteiger partial charge on any atom is -0.488 e. The van der Waals surface area contributed by atoms with Crippen molar-refractivity contribution in [1.82, 2.24) is 0 Å². The highest BCUT2D eigenvalue weighted by atomic mass is 16.5. The predicted molar refractivity (Wildman–Crippen MR) is 93.3 cm³/mol. The molecule has 2 aromatic carbocycles. The maximum atomic E-state index is 11.0. The Hall–Kier alpha value is -3.12. The summed E-state index contributed by atoms with van der Waals surface area (Å²) in [5.41, 5.74) is 8.19. The van der Waals surface area contributed by atoms with Gasteiger partial charge < -0.3 is 20.7 Å². The lowest BCUT2D eigenvalue weighted by molar-refractivity contribution is -0.143. The fourth-order valence-electron chi connectivity index (χ4n) is 2.29. The smallest absolute Gasteiger partial charge is 0.324 e. The number of rotatable bonds is 8. The Labute approximate surface area is 145 Å². The van der Waals surface area contributed by atoms with Crippen molar-refractivity contribution in [3.63, 3.8) is 0 Å². The van der Waals surface area contributed by atoms with Gasteiger partial charge in [0.05, 0.1) is 6.42 Å². The van der Waals surface area contributed by atoms with Crippen LogP contribution in [-0.2, 0) is 9.59 Å². The molecule has 1 unspecified atom stereocenters. The minimum absolute atomic E-state index is 0.340. The molecule has 130 valence electrons. The van der Waals surface area contributed by atoms with Crippen LogP contribution in [0.2, 0.25) is 0 Å². The van der Waals surface area contributed by atoms with Gasteiger partial charge in [0, 0.05) is 0 Å². The Bertz CT molecular complexity index is 755. The van der Waals surface area contributed by atoms with E-state index in [1.54, 1.807) is 24.3 Å². The number of ether oxygens (including phenoxy) is 1. The number of carboxylic acids is 2. The molecule has 0 bridgehead atoms. The molecule has 25 heavy (non-hydrogen) atoms. The summed E-state index contributed by atoms with van der Waals surface area (Å²) in [5.74, 6) is -2.16. The van der Waals surface area contributed by atoms with Crippen LogP contribution in [0.1, 0.15) is 17.5 Å². The van der Waals surface area contributed by atoms with Crippen LogP contribution in [0.25, 0.3) is 5.57 Å². The van der Waals surface area contributed by atoms with Crippen LogP contribution < -0.4 is 10.5 Å². The first kappa shape index (κ1) is 18.2. The molecule has 2 aromatic rings. The monoisotopic (exact) mass is 341 g/mol. The van der Waals surface area contributed by atoms with E-state index in [0.29, 0.717) is 5.75 Å². The highest BCUT2D eigenvalue weighted by Crippen LogP contribution is 2.24. The zero-order valence-electron chi connectivity index (χ0n) is 13.5. The highest BCUT2D eigenvalue weighted by Gasteiger charge is 2.28. The van der Waals surface area contributed by atoms with E-state index < -0.39 is 30.5 Å². The van der Waals surface area contributed by atoms with Crippen molar-refractivity contribution in [3.05, 3.63) is 72.3 Å². The number of hydrogen-bond donors (Lipinski definition) is 3. The average Bonchev–Trinajstić information content (AvgIpc) is 2.61. The fraction of sp³-hybridized carbons (Fsp3) is 0.158. The molecule has 0 saturated heterocycles. The number of nitrogens with two attached hydrogens (primary N) is 1. The molecule has 0 aliphatic heterocycles. The van der Waals surface area contributed by atoms with E-state index in [-0.39, 0.29) is 0 Å². The lowest BCUT2D eigenvalue weighted by Gasteiger charge is -2.21. The van der Waals surface area contributed by atoms with Crippen molar-refractivity contribution in [3.8, 4) is 5.75 Å². The molecule has 0 amide bonds. The summed E-state index contributed by atoms with van der Waals surface area (Å²) in [6.45, 7) is 4.06. The van der Waals surface area contributed by atoms with Crippen LogP contribution in [0.15, 0.2) is 61.2 Å². The van der Waals surface area contributed by atoms with Gasteiger partial charge in [-0.3, -0.25) is 9.59 Å². The van der Waals surface area contributed by atoms with Crippen molar-refractivity contribution in [2.24, 2.45) is 5.73 Å². The van der Waals surface area contributed by atoms with Crippen LogP contribution >= 0.6 is 0 Å². The normalized spacial score (nSPS) is 12.8. The zero-order chi connectivity index (χ0) is 18.4. The largest absolute Gasteiger partial charge is 0.488 e. The van der Waals surface area contributed by atoms with Gasteiger partial charge in [-0.2, -0.15) is 0 Å². The summed E-state index contributed by atoms with van der Waals surface area (Å²) in [6.07, 6.45) is -1.68. The van der Waals surface area contributed by atoms with E-state index in [0.717, 1.165) is 16.7 Å². The molecule has 6 nitrogen and oxygen atoms in total. The van der Waals surface area contributed by atoms with Gasteiger partial charge in [-0.05, 0) is 28.8 Å². The number of benzene rings is 2. The molecule has 0 fully saturated rings. The van der Waals surface area contributed by atoms with Gasteiger partial charge in [-0.25, -0.2) is 0 Å². The maximum absolute atomic E-state index is 11.0. The third-order valence-electron chi connectivity index (χ3n) is 3.67. The van der Waals surface area contributed by atoms with E-state index in [1.807, 2.05) is 30.3 Å². The lowest BCUT2D eigenvalue weighted by Crippen LogP contribution is -2.46. The van der Waals surface area contributed by atoms with Gasteiger partial charge in [-0.15, -0.1) is 0 Å². The fourth-order valence-corrected chi connectivity index (χ4v) is 2.29. The van der Waals surface area contributed by atoms with Gasteiger partial charge in [0.1, 0.15) is 17.9 Å². The van der Waals surface area contributed by atoms with Crippen molar-refractivity contribution in [1.29, 1.82) is 0 Å². The van der Waals surface area contributed by atoms with Crippen LogP contribution in [-0.4, -0.2) is 34.3 Å². The summed E-state index contributed by atoms with van der Waals surface area (Å²) in [7, 11) is 0. The second-order valence-electron chi connectivity index (χ2n) is 5.49. The molecule has 6 heteroatoms. The maximum Gasteiger partial charge on any atom is 0.324 e. The summed E-state index contributed by atoms with van der Waals surface area (Å²) >= 11 is 0. The van der Waals surface area contributed by atoms with Crippen LogP contribution in [0.3, 0.4) is 0 Å². The number of aliphatic carboxylic acids is 2. The zero-order valence-corrected chi connectivity index (χ0v) is 13.5. The van der Waals surface area contributed by atoms with E-state index in [1.165, 1.54) is 0 Å². The molecular formula is C19H19NO5. The van der Waals surface area contributed by atoms with E-state index in [9.17, 15) is 9.59 Å². The Kier molecular flexibility index (Phi) is 5.92. The first-order valence-electron chi connectivity index (χ1n) is 7.60. The molecular weight excluding hydrogens is 322 g/mol. The Morgan fingerprint density at radius 2 is 1.56 bits per heavy atom. The van der Waals surface area contributed by atoms with Gasteiger partial charge >= 0.3 is 11.9 Å². The SMILES string of the molecule is C=C(c1ccccc1)c1ccc(OC(CC(=O)O)[C@H](N)C(=O)O)cc1. The van der Waals surface area contributed by atoms with E-state index in [2.05, 4.69) is 6.58 Å². The van der Waals surface area contributed by atoms with Crippen LogP contribution in [0.5, 0.6) is 5.75 Å². The first-order valence-corrected chi connectivity index (χ1v) is 7.60. The van der Waals surface area contributed by atoms with Gasteiger partial charge in [0.25, 0.3) is 0 Å². The number of carbonyl (C=O) groups is 2. The Morgan fingerprint density at radius 3 is 2.08 bits per heavy atom. The van der Waals surface area contributed by atoms with Crippen molar-refractivity contribution in [2.75, 3.05) is 0 Å². The Balaban J connectivity index is 2.14. The molecule has 0 aliphatic rings. The van der Waals surface area contributed by atoms with Crippen molar-refractivity contribution >= 4 is 17.5 Å². The third-order valence-corrected chi connectivity index (χ3v) is 3.67. The second-order valence-corrected chi connectivity index (χ2v) is 5.49. The van der Waals surface area contributed by atoms with Gasteiger partial charge in [-0.1, -0.05) is 49.0 Å². The number of carboxylic acid groups (broad SMARTS) is 2. The molecule has 2 atom stereocenters. The molecule has 0 heterocycles. The van der Waals surface area contributed by atoms with Gasteiger partial charge in [0.15, 0.2) is 0 Å².